The van der Waals surface area contributed by atoms with Gasteiger partial charge in [-0.2, -0.15) is 0 Å². The van der Waals surface area contributed by atoms with Crippen molar-refractivity contribution in [3.05, 3.63) is 24.0 Å². The van der Waals surface area contributed by atoms with Gasteiger partial charge in [0.25, 0.3) is 0 Å². The van der Waals surface area contributed by atoms with Gasteiger partial charge in [0.05, 0.1) is 11.4 Å². The second-order valence-electron chi connectivity index (χ2n) is 3.83. The van der Waals surface area contributed by atoms with Gasteiger partial charge in [0, 0.05) is 26.2 Å². The van der Waals surface area contributed by atoms with Gasteiger partial charge >= 0.3 is 0 Å². The molecule has 1 aliphatic heterocycles. The molecule has 1 heterocycles. The van der Waals surface area contributed by atoms with Crippen LogP contribution < -0.4 is 10.6 Å². The molecule has 0 aromatic heterocycles. The molecule has 1 aliphatic rings. The number of rotatable bonds is 2. The van der Waals surface area contributed by atoms with E-state index in [-0.39, 0.29) is 5.82 Å². The maximum absolute atomic E-state index is 13.1. The average Bonchev–Trinajstić information content (AvgIpc) is 2.32. The highest BCUT2D eigenvalue weighted by molar-refractivity contribution is 5.68. The molecule has 1 aromatic rings. The average molecular weight is 223 g/mol. The van der Waals surface area contributed by atoms with Gasteiger partial charge in [-0.05, 0) is 18.2 Å². The molecule has 2 N–H and O–H groups in total. The van der Waals surface area contributed by atoms with E-state index in [1.807, 2.05) is 4.90 Å². The number of anilines is 2. The zero-order chi connectivity index (χ0) is 11.5. The largest absolute Gasteiger partial charge is 0.397 e. The Bertz CT molecular complexity index is 389. The van der Waals surface area contributed by atoms with Crippen molar-refractivity contribution in [2.45, 2.75) is 0 Å². The highest BCUT2D eigenvalue weighted by atomic mass is 19.1. The van der Waals surface area contributed by atoms with Crippen LogP contribution in [-0.2, 0) is 4.79 Å². The predicted molar refractivity (Wildman–Crippen MR) is 60.7 cm³/mol. The van der Waals surface area contributed by atoms with Gasteiger partial charge < -0.3 is 15.5 Å². The molecule has 0 aliphatic carbocycles. The van der Waals surface area contributed by atoms with E-state index in [0.717, 1.165) is 6.41 Å². The number of piperazine rings is 1. The highest BCUT2D eigenvalue weighted by Crippen LogP contribution is 2.24. The van der Waals surface area contributed by atoms with Crippen LogP contribution in [-0.4, -0.2) is 37.5 Å². The number of hydrogen-bond donors (Lipinski definition) is 1. The SMILES string of the molecule is Nc1ccc(F)cc1N1CCN(C=O)CC1. The fourth-order valence-electron chi connectivity index (χ4n) is 1.86. The zero-order valence-corrected chi connectivity index (χ0v) is 8.90. The summed E-state index contributed by atoms with van der Waals surface area (Å²) in [5, 5.41) is 0. The summed E-state index contributed by atoms with van der Waals surface area (Å²) in [7, 11) is 0. The van der Waals surface area contributed by atoms with Crippen LogP contribution in [0, 0.1) is 5.82 Å². The van der Waals surface area contributed by atoms with Gasteiger partial charge in [0.1, 0.15) is 5.82 Å². The van der Waals surface area contributed by atoms with Crippen molar-refractivity contribution in [3.63, 3.8) is 0 Å². The van der Waals surface area contributed by atoms with Gasteiger partial charge in [-0.1, -0.05) is 0 Å². The summed E-state index contributed by atoms with van der Waals surface area (Å²) < 4.78 is 13.1. The predicted octanol–water partition coefficient (Wildman–Crippen LogP) is 0.686. The third kappa shape index (κ3) is 2.08. The van der Waals surface area contributed by atoms with Crippen molar-refractivity contribution in [1.82, 2.24) is 4.90 Å². The summed E-state index contributed by atoms with van der Waals surface area (Å²) in [6.45, 7) is 2.68. The molecule has 16 heavy (non-hydrogen) atoms. The quantitative estimate of drug-likeness (QED) is 0.592. The van der Waals surface area contributed by atoms with Crippen LogP contribution in [0.3, 0.4) is 0 Å². The van der Waals surface area contributed by atoms with E-state index in [2.05, 4.69) is 0 Å². The summed E-state index contributed by atoms with van der Waals surface area (Å²) in [5.74, 6) is -0.290. The molecule has 1 amide bonds. The van der Waals surface area contributed by atoms with Gasteiger partial charge in [-0.3, -0.25) is 4.79 Å². The van der Waals surface area contributed by atoms with Crippen molar-refractivity contribution in [3.8, 4) is 0 Å². The van der Waals surface area contributed by atoms with Crippen LogP contribution in [0.5, 0.6) is 0 Å². The Morgan fingerprint density at radius 3 is 2.56 bits per heavy atom. The molecule has 0 unspecified atom stereocenters. The number of carbonyl (C=O) groups excluding carboxylic acids is 1. The van der Waals surface area contributed by atoms with Crippen LogP contribution in [0.2, 0.25) is 0 Å². The first-order valence-electron chi connectivity index (χ1n) is 5.20. The Labute approximate surface area is 93.4 Å². The van der Waals surface area contributed by atoms with E-state index in [1.54, 1.807) is 11.0 Å². The minimum atomic E-state index is -0.290. The Morgan fingerprint density at radius 1 is 1.25 bits per heavy atom. The Morgan fingerprint density at radius 2 is 1.94 bits per heavy atom. The second kappa shape index (κ2) is 4.38. The number of nitrogens with two attached hydrogens (primary N) is 1. The first-order chi connectivity index (χ1) is 7.70. The van der Waals surface area contributed by atoms with Crippen LogP contribution >= 0.6 is 0 Å². The van der Waals surface area contributed by atoms with E-state index >= 15 is 0 Å². The Balaban J connectivity index is 2.13. The molecular formula is C11H14FN3O. The molecule has 2 rings (SSSR count). The van der Waals surface area contributed by atoms with Gasteiger partial charge in [-0.25, -0.2) is 4.39 Å². The molecule has 1 fully saturated rings. The molecule has 0 radical (unpaired) electrons. The minimum Gasteiger partial charge on any atom is -0.397 e. The minimum absolute atomic E-state index is 0.290. The maximum Gasteiger partial charge on any atom is 0.209 e. The number of nitrogen functional groups attached to an aromatic ring is 1. The zero-order valence-electron chi connectivity index (χ0n) is 8.90. The monoisotopic (exact) mass is 223 g/mol. The van der Waals surface area contributed by atoms with Gasteiger partial charge in [0.15, 0.2) is 0 Å². The molecule has 0 saturated carbocycles. The van der Waals surface area contributed by atoms with Crippen molar-refractivity contribution in [2.75, 3.05) is 36.8 Å². The molecule has 4 nitrogen and oxygen atoms in total. The first-order valence-corrected chi connectivity index (χ1v) is 5.20. The number of carbonyl (C=O) groups is 1. The molecule has 0 atom stereocenters. The highest BCUT2D eigenvalue weighted by Gasteiger charge is 2.17. The van der Waals surface area contributed by atoms with Crippen LogP contribution in [0.1, 0.15) is 0 Å². The third-order valence-electron chi connectivity index (χ3n) is 2.80. The lowest BCUT2D eigenvalue weighted by Gasteiger charge is -2.34. The van der Waals surface area contributed by atoms with Crippen molar-refractivity contribution in [1.29, 1.82) is 0 Å². The summed E-state index contributed by atoms with van der Waals surface area (Å²) >= 11 is 0. The molecule has 1 saturated heterocycles. The maximum atomic E-state index is 13.1. The number of halogens is 1. The van der Waals surface area contributed by atoms with Crippen LogP contribution in [0.25, 0.3) is 0 Å². The third-order valence-corrected chi connectivity index (χ3v) is 2.80. The molecule has 0 bridgehead atoms. The number of benzene rings is 1. The lowest BCUT2D eigenvalue weighted by molar-refractivity contribution is -0.118. The lowest BCUT2D eigenvalue weighted by Crippen LogP contribution is -2.45. The summed E-state index contributed by atoms with van der Waals surface area (Å²) in [5.41, 5.74) is 7.08. The molecule has 0 spiro atoms. The summed E-state index contributed by atoms with van der Waals surface area (Å²) in [6, 6.07) is 4.35. The standard InChI is InChI=1S/C11H14FN3O/c12-9-1-2-10(13)11(7-9)15-5-3-14(8-16)4-6-15/h1-2,7-8H,3-6,13H2. The molecule has 1 aromatic carbocycles. The van der Waals surface area contributed by atoms with E-state index in [4.69, 9.17) is 5.73 Å². The summed E-state index contributed by atoms with van der Waals surface area (Å²) in [4.78, 5) is 14.2. The normalized spacial score (nSPS) is 16.3. The van der Waals surface area contributed by atoms with Crippen molar-refractivity contribution in [2.24, 2.45) is 0 Å². The fraction of sp³-hybridized carbons (Fsp3) is 0.364. The molecule has 86 valence electrons. The van der Waals surface area contributed by atoms with Crippen molar-refractivity contribution >= 4 is 17.8 Å². The molecular weight excluding hydrogens is 209 g/mol. The topological polar surface area (TPSA) is 49.6 Å². The Kier molecular flexibility index (Phi) is 2.94. The number of nitrogens with zero attached hydrogens (tertiary/aromatic N) is 2. The van der Waals surface area contributed by atoms with E-state index in [9.17, 15) is 9.18 Å². The second-order valence-corrected chi connectivity index (χ2v) is 3.83. The van der Waals surface area contributed by atoms with Gasteiger partial charge in [0.2, 0.25) is 6.41 Å². The van der Waals surface area contributed by atoms with E-state index < -0.39 is 0 Å². The first kappa shape index (κ1) is 10.7. The number of hydrogen-bond acceptors (Lipinski definition) is 3. The van der Waals surface area contributed by atoms with Gasteiger partial charge in [-0.15, -0.1) is 0 Å². The van der Waals surface area contributed by atoms with Crippen molar-refractivity contribution < 1.29 is 9.18 Å². The van der Waals surface area contributed by atoms with Crippen LogP contribution in [0.4, 0.5) is 15.8 Å². The smallest absolute Gasteiger partial charge is 0.209 e. The van der Waals surface area contributed by atoms with Crippen LogP contribution in [0.15, 0.2) is 18.2 Å². The number of amides is 1. The Hall–Kier alpha value is -1.78. The molecule has 5 heteroatoms. The van der Waals surface area contributed by atoms with E-state index in [0.29, 0.717) is 37.6 Å². The fourth-order valence-corrected chi connectivity index (χ4v) is 1.86. The lowest BCUT2D eigenvalue weighted by atomic mass is 10.2. The summed E-state index contributed by atoms with van der Waals surface area (Å²) in [6.07, 6.45) is 0.840. The van der Waals surface area contributed by atoms with E-state index in [1.165, 1.54) is 12.1 Å².